The van der Waals surface area contributed by atoms with Crippen molar-refractivity contribution >= 4 is 76.8 Å². The third-order valence-corrected chi connectivity index (χ3v) is 13.2. The minimum absolute atomic E-state index is 0.00894. The summed E-state index contributed by atoms with van der Waals surface area (Å²) in [6, 6.07) is -2.70. The maximum atomic E-state index is 14.5. The fourth-order valence-electron chi connectivity index (χ4n) is 8.18. The third kappa shape index (κ3) is 15.3. The first-order valence-electron chi connectivity index (χ1n) is 22.4. The van der Waals surface area contributed by atoms with E-state index in [1.807, 2.05) is 33.3 Å². The Balaban J connectivity index is 1.74. The summed E-state index contributed by atoms with van der Waals surface area (Å²) >= 11 is 2.88. The highest BCUT2D eigenvalue weighted by molar-refractivity contribution is 7.98. The highest BCUT2D eigenvalue weighted by atomic mass is 32.2. The Morgan fingerprint density at radius 3 is 1.80 bits per heavy atom. The van der Waals surface area contributed by atoms with Gasteiger partial charge in [-0.2, -0.15) is 23.5 Å². The van der Waals surface area contributed by atoms with Crippen molar-refractivity contribution in [3.63, 3.8) is 0 Å². The quantitative estimate of drug-likeness (QED) is 0.145. The van der Waals surface area contributed by atoms with Crippen LogP contribution < -0.4 is 37.2 Å². The van der Waals surface area contributed by atoms with Gasteiger partial charge in [-0.15, -0.1) is 0 Å². The molecule has 21 heteroatoms. The van der Waals surface area contributed by atoms with Gasteiger partial charge in [0.2, 0.25) is 41.4 Å². The predicted octanol–water partition coefficient (Wildman–Crippen LogP) is 0.779. The van der Waals surface area contributed by atoms with E-state index in [1.165, 1.54) is 45.5 Å². The molecule has 360 valence electrons. The Labute approximate surface area is 389 Å². The Bertz CT molecular complexity index is 1870. The summed E-state index contributed by atoms with van der Waals surface area (Å²) < 4.78 is 0. The molecular formula is C44H67N9O10S2. The van der Waals surface area contributed by atoms with Crippen molar-refractivity contribution in [2.45, 2.75) is 128 Å². The molecule has 0 saturated carbocycles. The summed E-state index contributed by atoms with van der Waals surface area (Å²) in [5, 5.41) is 28.4. The zero-order valence-corrected chi connectivity index (χ0v) is 39.9. The molecule has 8 N–H and O–H groups in total. The van der Waals surface area contributed by atoms with Crippen molar-refractivity contribution in [3.8, 4) is 5.75 Å². The molecule has 0 aliphatic carbocycles. The number of hydrogen-bond donors (Lipinski definition) is 8. The molecule has 3 aliphatic heterocycles. The van der Waals surface area contributed by atoms with E-state index in [-0.39, 0.29) is 56.9 Å². The van der Waals surface area contributed by atoms with Crippen LogP contribution in [0.15, 0.2) is 24.3 Å². The third-order valence-electron chi connectivity index (χ3n) is 11.9. The van der Waals surface area contributed by atoms with Gasteiger partial charge in [-0.3, -0.25) is 43.7 Å². The number of fused-ring (bicyclic) bond motifs is 2. The van der Waals surface area contributed by atoms with E-state index in [0.29, 0.717) is 42.8 Å². The van der Waals surface area contributed by atoms with E-state index in [2.05, 4.69) is 37.2 Å². The second-order valence-corrected chi connectivity index (χ2v) is 19.3. The number of amides is 10. The average molecular weight is 946 g/mol. The molecule has 3 fully saturated rings. The number of nitrogens with one attached hydrogen (secondary N) is 7. The number of hydrogen-bond acceptors (Lipinski definition) is 12. The number of carbonyl (C=O) groups is 9. The number of benzene rings is 1. The lowest BCUT2D eigenvalue weighted by Crippen LogP contribution is -2.61. The summed E-state index contributed by atoms with van der Waals surface area (Å²) in [4.78, 5) is 128. The van der Waals surface area contributed by atoms with Crippen molar-refractivity contribution in [1.82, 2.24) is 47.0 Å². The summed E-state index contributed by atoms with van der Waals surface area (Å²) in [5.74, 6) is -4.81. The SMILES string of the molecule is CC[C@H](C)[C@@H]1NC(=O)CNC(=O)[C@H](CCSC)NC(=O)NC(=O)[C@@H]2CCCN2C(=O)[C@H](CCSC)NC(=O)[C@@H]2CCCN2C(=O)[C@H](CC(C)C)NC(=O)[C@H](Cc2ccc(O)cc2)NC1=O. The topological polar surface area (TPSA) is 265 Å². The number of aromatic hydroxyl groups is 1. The second kappa shape index (κ2) is 25.6. The van der Waals surface area contributed by atoms with E-state index in [0.717, 1.165) is 0 Å². The molecule has 0 radical (unpaired) electrons. The molecule has 0 aromatic heterocycles. The second-order valence-electron chi connectivity index (χ2n) is 17.3. The molecule has 1 aromatic carbocycles. The first kappa shape index (κ1) is 52.6. The van der Waals surface area contributed by atoms with Gasteiger partial charge in [0.1, 0.15) is 48.0 Å². The molecule has 0 unspecified atom stereocenters. The highest BCUT2D eigenvalue weighted by Gasteiger charge is 2.42. The summed E-state index contributed by atoms with van der Waals surface area (Å²) in [6.07, 6.45) is 6.09. The molecular weight excluding hydrogens is 879 g/mol. The average Bonchev–Trinajstić information content (AvgIpc) is 3.98. The Morgan fingerprint density at radius 2 is 1.22 bits per heavy atom. The van der Waals surface area contributed by atoms with Crippen LogP contribution in [0.3, 0.4) is 0 Å². The van der Waals surface area contributed by atoms with Gasteiger partial charge >= 0.3 is 6.03 Å². The van der Waals surface area contributed by atoms with Crippen LogP contribution in [0.25, 0.3) is 0 Å². The van der Waals surface area contributed by atoms with Crippen molar-refractivity contribution < 1.29 is 48.3 Å². The van der Waals surface area contributed by atoms with E-state index in [4.69, 9.17) is 0 Å². The number of thioether (sulfide) groups is 2. The zero-order chi connectivity index (χ0) is 47.8. The van der Waals surface area contributed by atoms with Gasteiger partial charge in [0.15, 0.2) is 0 Å². The van der Waals surface area contributed by atoms with Gasteiger partial charge in [0, 0.05) is 19.5 Å². The standard InChI is InChI=1S/C44H67N9O10S2/c1-7-26(4)36-41(60)47-31(23-27-12-14-28(54)15-13-27)38(57)48-32(22-25(2)3)43(62)53-19-8-10-33(53)39(58)46-30(17-21-65-6)42(61)52-18-9-11-34(52)40(59)51-44(63)49-29(16-20-64-5)37(56)45-24-35(55)50-36/h12-15,25-26,29-34,36,54H,7-11,16-24H2,1-6H3,(H,45,56)(H,46,58)(H,47,60)(H,48,57)(H,50,55)(H2,49,51,59,63)/t26-,29-,30-,31-,32-,33-,34-,36-/m0/s1. The van der Waals surface area contributed by atoms with Gasteiger partial charge in [-0.1, -0.05) is 46.2 Å². The molecule has 0 spiro atoms. The largest absolute Gasteiger partial charge is 0.508 e. The minimum atomic E-state index is -1.27. The number of imide groups is 1. The van der Waals surface area contributed by atoms with Crippen LogP contribution in [0.1, 0.15) is 84.6 Å². The molecule has 4 rings (SSSR count). The zero-order valence-electron chi connectivity index (χ0n) is 38.2. The molecule has 8 atom stereocenters. The smallest absolute Gasteiger partial charge is 0.322 e. The minimum Gasteiger partial charge on any atom is -0.508 e. The van der Waals surface area contributed by atoms with Gasteiger partial charge in [0.25, 0.3) is 5.91 Å². The first-order chi connectivity index (χ1) is 31.0. The monoisotopic (exact) mass is 945 g/mol. The van der Waals surface area contributed by atoms with Crippen LogP contribution in [-0.4, -0.2) is 154 Å². The lowest BCUT2D eigenvalue weighted by Gasteiger charge is -2.33. The molecule has 3 aliphatic rings. The first-order valence-corrected chi connectivity index (χ1v) is 25.2. The van der Waals surface area contributed by atoms with Gasteiger partial charge < -0.3 is 46.8 Å². The molecule has 3 saturated heterocycles. The predicted molar refractivity (Wildman–Crippen MR) is 247 cm³/mol. The molecule has 65 heavy (non-hydrogen) atoms. The van der Waals surface area contributed by atoms with Crippen LogP contribution in [0.4, 0.5) is 4.79 Å². The Morgan fingerprint density at radius 1 is 0.662 bits per heavy atom. The number of nitrogens with zero attached hydrogens (tertiary/aromatic N) is 2. The fourth-order valence-corrected chi connectivity index (χ4v) is 9.13. The fraction of sp³-hybridized carbons (Fsp3) is 0.659. The molecule has 0 bridgehead atoms. The van der Waals surface area contributed by atoms with Crippen molar-refractivity contribution in [2.24, 2.45) is 11.8 Å². The number of phenolic OH excluding ortho intramolecular Hbond substituents is 1. The summed E-state index contributed by atoms with van der Waals surface area (Å²) in [7, 11) is 0. The van der Waals surface area contributed by atoms with Crippen molar-refractivity contribution in [1.29, 1.82) is 0 Å². The summed E-state index contributed by atoms with van der Waals surface area (Å²) in [6.45, 7) is 7.16. The summed E-state index contributed by atoms with van der Waals surface area (Å²) in [5.41, 5.74) is 0.575. The normalized spacial score (nSPS) is 26.6. The van der Waals surface area contributed by atoms with Crippen LogP contribution in [0, 0.1) is 11.8 Å². The number of phenols is 1. The number of rotatable bonds is 12. The number of urea groups is 1. The van der Waals surface area contributed by atoms with Gasteiger partial charge in [-0.25, -0.2) is 4.79 Å². The van der Waals surface area contributed by atoms with Gasteiger partial charge in [0.05, 0.1) is 6.54 Å². The van der Waals surface area contributed by atoms with E-state index >= 15 is 0 Å². The highest BCUT2D eigenvalue weighted by Crippen LogP contribution is 2.24. The van der Waals surface area contributed by atoms with Gasteiger partial charge in [-0.05, 0) is 98.5 Å². The van der Waals surface area contributed by atoms with Crippen LogP contribution in [-0.2, 0) is 44.8 Å². The maximum absolute atomic E-state index is 14.5. The molecule has 10 amide bonds. The van der Waals surface area contributed by atoms with Crippen molar-refractivity contribution in [2.75, 3.05) is 43.7 Å². The molecule has 19 nitrogen and oxygen atoms in total. The Hall–Kier alpha value is -5.05. The van der Waals surface area contributed by atoms with E-state index in [1.54, 1.807) is 19.1 Å². The molecule has 3 heterocycles. The van der Waals surface area contributed by atoms with E-state index in [9.17, 15) is 48.3 Å². The van der Waals surface area contributed by atoms with Crippen LogP contribution in [0.5, 0.6) is 5.75 Å². The number of carbonyl (C=O) groups excluding carboxylic acids is 9. The lowest BCUT2D eigenvalue weighted by atomic mass is 9.96. The molecule has 1 aromatic rings. The van der Waals surface area contributed by atoms with Crippen LogP contribution >= 0.6 is 23.5 Å². The van der Waals surface area contributed by atoms with Crippen molar-refractivity contribution in [3.05, 3.63) is 29.8 Å². The van der Waals surface area contributed by atoms with Crippen LogP contribution in [0.2, 0.25) is 0 Å². The lowest BCUT2D eigenvalue weighted by molar-refractivity contribution is -0.144. The maximum Gasteiger partial charge on any atom is 0.322 e. The van der Waals surface area contributed by atoms with E-state index < -0.39 is 108 Å². The Kier molecular flexibility index (Phi) is 20.7.